The molecule has 176 valence electrons. The second-order valence-corrected chi connectivity index (χ2v) is 9.14. The van der Waals surface area contributed by atoms with Crippen LogP contribution < -0.4 is 20.1 Å². The first-order valence-corrected chi connectivity index (χ1v) is 11.7. The highest BCUT2D eigenvalue weighted by atomic mass is 32.2. The highest BCUT2D eigenvalue weighted by Gasteiger charge is 2.42. The van der Waals surface area contributed by atoms with E-state index in [9.17, 15) is 18.0 Å². The third-order valence-electron chi connectivity index (χ3n) is 5.16. The Labute approximate surface area is 192 Å². The van der Waals surface area contributed by atoms with E-state index in [-0.39, 0.29) is 17.2 Å². The number of amides is 2. The van der Waals surface area contributed by atoms with Crippen LogP contribution in [0, 0.1) is 12.8 Å². The van der Waals surface area contributed by atoms with Gasteiger partial charge in [-0.15, -0.1) is 0 Å². The summed E-state index contributed by atoms with van der Waals surface area (Å²) in [7, 11) is -1.05. The zero-order valence-corrected chi connectivity index (χ0v) is 19.6. The quantitative estimate of drug-likeness (QED) is 0.592. The van der Waals surface area contributed by atoms with Gasteiger partial charge in [0.2, 0.25) is 9.84 Å². The minimum atomic E-state index is -3.98. The molecular weight excluding hydrogens is 448 g/mol. The van der Waals surface area contributed by atoms with Gasteiger partial charge in [0, 0.05) is 11.3 Å². The van der Waals surface area contributed by atoms with E-state index in [0.29, 0.717) is 17.1 Å². The van der Waals surface area contributed by atoms with Crippen LogP contribution in [0.25, 0.3) is 0 Å². The maximum atomic E-state index is 13.1. The smallest absolute Gasteiger partial charge is 0.319 e. The van der Waals surface area contributed by atoms with E-state index in [1.807, 2.05) is 6.92 Å². The number of hydrogen-bond acceptors (Lipinski definition) is 7. The van der Waals surface area contributed by atoms with Crippen molar-refractivity contribution in [2.75, 3.05) is 20.8 Å². The number of carbonyl (C=O) groups is 2. The molecule has 1 saturated heterocycles. The lowest BCUT2D eigenvalue weighted by molar-refractivity contribution is -0.147. The lowest BCUT2D eigenvalue weighted by Crippen LogP contribution is -2.51. The normalized spacial score (nSPS) is 19.4. The largest absolute Gasteiger partial charge is 0.497 e. The minimum absolute atomic E-state index is 0.0338. The van der Waals surface area contributed by atoms with Crippen LogP contribution in [0.5, 0.6) is 11.5 Å². The third kappa shape index (κ3) is 5.28. The number of urea groups is 1. The number of methoxy groups -OCH3 is 2. The Morgan fingerprint density at radius 3 is 2.39 bits per heavy atom. The lowest BCUT2D eigenvalue weighted by Gasteiger charge is -2.34. The monoisotopic (exact) mass is 474 g/mol. The van der Waals surface area contributed by atoms with Crippen molar-refractivity contribution in [1.29, 1.82) is 0 Å². The van der Waals surface area contributed by atoms with Crippen molar-refractivity contribution < 1.29 is 32.2 Å². The molecule has 0 radical (unpaired) electrons. The van der Waals surface area contributed by atoms with E-state index in [1.54, 1.807) is 37.3 Å². The molecule has 1 fully saturated rings. The second kappa shape index (κ2) is 9.95. The number of hydrogen-bond donors (Lipinski definition) is 2. The fraction of sp³-hybridized carbons (Fsp3) is 0.304. The fourth-order valence-corrected chi connectivity index (χ4v) is 4.74. The summed E-state index contributed by atoms with van der Waals surface area (Å²) in [5.41, 5.74) is 1.22. The van der Waals surface area contributed by atoms with Crippen LogP contribution >= 0.6 is 0 Å². The summed E-state index contributed by atoms with van der Waals surface area (Å²) in [6.45, 7) is 3.55. The van der Waals surface area contributed by atoms with Gasteiger partial charge in [0.15, 0.2) is 0 Å². The van der Waals surface area contributed by atoms with E-state index < -0.39 is 33.8 Å². The van der Waals surface area contributed by atoms with Crippen molar-refractivity contribution in [2.24, 2.45) is 5.92 Å². The summed E-state index contributed by atoms with van der Waals surface area (Å²) in [5.74, 6) is -1.02. The number of carbonyl (C=O) groups excluding carboxylic acids is 2. The number of aryl methyl sites for hydroxylation is 1. The Morgan fingerprint density at radius 2 is 1.79 bits per heavy atom. The molecule has 2 atom stereocenters. The van der Waals surface area contributed by atoms with Crippen LogP contribution in [-0.2, 0) is 19.4 Å². The average molecular weight is 475 g/mol. The highest BCUT2D eigenvalue weighted by molar-refractivity contribution is 7.94. The zero-order chi connectivity index (χ0) is 24.2. The highest BCUT2D eigenvalue weighted by Crippen LogP contribution is 2.38. The first kappa shape index (κ1) is 24.1. The number of rotatable bonds is 7. The van der Waals surface area contributed by atoms with Crippen molar-refractivity contribution >= 4 is 21.8 Å². The molecule has 0 unspecified atom stereocenters. The summed E-state index contributed by atoms with van der Waals surface area (Å²) < 4.78 is 42.1. The molecule has 2 aromatic carbocycles. The van der Waals surface area contributed by atoms with Gasteiger partial charge in [0.25, 0.3) is 0 Å². The summed E-state index contributed by atoms with van der Waals surface area (Å²) in [6, 6.07) is 9.54. The molecule has 10 heteroatoms. The first-order chi connectivity index (χ1) is 15.7. The first-order valence-electron chi connectivity index (χ1n) is 10.2. The number of ether oxygens (including phenoxy) is 3. The van der Waals surface area contributed by atoms with Crippen LogP contribution in [-0.4, -0.2) is 41.2 Å². The molecule has 1 heterocycles. The topological polar surface area (TPSA) is 120 Å². The van der Waals surface area contributed by atoms with E-state index in [4.69, 9.17) is 14.2 Å². The Kier molecular flexibility index (Phi) is 7.27. The molecule has 3 rings (SSSR count). The van der Waals surface area contributed by atoms with Gasteiger partial charge in [-0.3, -0.25) is 4.79 Å². The van der Waals surface area contributed by atoms with Gasteiger partial charge in [-0.1, -0.05) is 17.7 Å². The van der Waals surface area contributed by atoms with Crippen LogP contribution in [0.15, 0.2) is 58.5 Å². The van der Waals surface area contributed by atoms with E-state index >= 15 is 0 Å². The second-order valence-electron chi connectivity index (χ2n) is 7.34. The molecular formula is C23H26N2O7S. The van der Waals surface area contributed by atoms with Crippen molar-refractivity contribution in [3.63, 3.8) is 0 Å². The van der Waals surface area contributed by atoms with Gasteiger partial charge in [-0.25, -0.2) is 13.2 Å². The van der Waals surface area contributed by atoms with Crippen molar-refractivity contribution in [3.8, 4) is 11.5 Å². The zero-order valence-electron chi connectivity index (χ0n) is 18.7. The van der Waals surface area contributed by atoms with Crippen LogP contribution in [0.3, 0.4) is 0 Å². The SMILES string of the molecule is CCOC(=O)[C@@H]1/C(=C\S(=O)(=O)c2ccc(C)cc2)NC(=O)N[C@@H]1c1cc(OC)ccc1OC. The maximum Gasteiger partial charge on any atom is 0.319 e. The third-order valence-corrected chi connectivity index (χ3v) is 6.65. The molecule has 0 spiro atoms. The molecule has 9 nitrogen and oxygen atoms in total. The number of esters is 1. The van der Waals surface area contributed by atoms with Crippen molar-refractivity contribution in [3.05, 3.63) is 64.7 Å². The average Bonchev–Trinajstić information content (AvgIpc) is 2.78. The van der Waals surface area contributed by atoms with E-state index in [2.05, 4.69) is 10.6 Å². The Morgan fingerprint density at radius 1 is 1.09 bits per heavy atom. The maximum absolute atomic E-state index is 13.1. The molecule has 33 heavy (non-hydrogen) atoms. The molecule has 2 amide bonds. The van der Waals surface area contributed by atoms with Crippen LogP contribution in [0.2, 0.25) is 0 Å². The van der Waals surface area contributed by atoms with Crippen molar-refractivity contribution in [2.45, 2.75) is 24.8 Å². The summed E-state index contributed by atoms with van der Waals surface area (Å²) >= 11 is 0. The Bertz CT molecular complexity index is 1170. The van der Waals surface area contributed by atoms with Gasteiger partial charge in [0.05, 0.1) is 37.2 Å². The Hall–Kier alpha value is -3.53. The van der Waals surface area contributed by atoms with Gasteiger partial charge in [-0.05, 0) is 44.2 Å². The fourth-order valence-electron chi connectivity index (χ4n) is 3.55. The lowest BCUT2D eigenvalue weighted by atomic mass is 9.88. The van der Waals surface area contributed by atoms with E-state index in [0.717, 1.165) is 11.0 Å². The van der Waals surface area contributed by atoms with Crippen molar-refractivity contribution in [1.82, 2.24) is 10.6 Å². The molecule has 0 bridgehead atoms. The van der Waals surface area contributed by atoms with Gasteiger partial charge in [0.1, 0.15) is 17.4 Å². The summed E-state index contributed by atoms with van der Waals surface area (Å²) in [5, 5.41) is 6.06. The molecule has 0 aromatic heterocycles. The summed E-state index contributed by atoms with van der Waals surface area (Å²) in [4.78, 5) is 25.6. The summed E-state index contributed by atoms with van der Waals surface area (Å²) in [6.07, 6.45) is 0. The number of benzene rings is 2. The predicted molar refractivity (Wildman–Crippen MR) is 121 cm³/mol. The molecule has 1 aliphatic rings. The Balaban J connectivity index is 2.16. The molecule has 0 saturated carbocycles. The molecule has 2 N–H and O–H groups in total. The van der Waals surface area contributed by atoms with Gasteiger partial charge in [-0.2, -0.15) is 0 Å². The van der Waals surface area contributed by atoms with E-state index in [1.165, 1.54) is 26.4 Å². The minimum Gasteiger partial charge on any atom is -0.497 e. The number of nitrogens with one attached hydrogen (secondary N) is 2. The number of sulfone groups is 1. The van der Waals surface area contributed by atoms with Gasteiger partial charge >= 0.3 is 12.0 Å². The van der Waals surface area contributed by atoms with Gasteiger partial charge < -0.3 is 24.8 Å². The molecule has 2 aromatic rings. The van der Waals surface area contributed by atoms with Crippen LogP contribution in [0.4, 0.5) is 4.79 Å². The molecule has 0 aliphatic carbocycles. The van der Waals surface area contributed by atoms with Crippen LogP contribution in [0.1, 0.15) is 24.1 Å². The standard InChI is InChI=1S/C23H26N2O7S/c1-5-32-22(26)20-18(13-33(28,29)16-9-6-14(2)7-10-16)24-23(27)25-21(20)17-12-15(30-3)8-11-19(17)31-4/h6-13,20-21H,5H2,1-4H3,(H2,24,25,27)/b18-13+/t20-,21-/m1/s1. The predicted octanol–water partition coefficient (Wildman–Crippen LogP) is 2.86. The molecule has 1 aliphatic heterocycles.